The first-order valence-electron chi connectivity index (χ1n) is 3.98. The highest BCUT2D eigenvalue weighted by Gasteiger charge is 2.09. The smallest absolute Gasteiger partial charge is 0.143 e. The molecule has 1 aromatic carbocycles. The molecule has 0 aromatic heterocycles. The first-order valence-corrected chi connectivity index (χ1v) is 5.69. The highest BCUT2D eigenvalue weighted by molar-refractivity contribution is 9.10. The maximum atomic E-state index is 11.0. The number of carbonyl (C=O) groups excluding carboxylic acids is 1. The minimum Gasteiger partial charge on any atom is -0.299 e. The van der Waals surface area contributed by atoms with Crippen LogP contribution in [0.5, 0.6) is 0 Å². The van der Waals surface area contributed by atoms with Crippen LogP contribution in [0.2, 0.25) is 0 Å². The summed E-state index contributed by atoms with van der Waals surface area (Å²) < 4.78 is 1.05. The van der Waals surface area contributed by atoms with E-state index in [-0.39, 0.29) is 10.6 Å². The molecule has 0 bridgehead atoms. The Hall–Kier alpha value is -0.150. The van der Waals surface area contributed by atoms with Gasteiger partial charge in [0.15, 0.2) is 0 Å². The van der Waals surface area contributed by atoms with Crippen molar-refractivity contribution in [1.82, 2.24) is 0 Å². The molecule has 0 saturated carbocycles. The van der Waals surface area contributed by atoms with E-state index in [9.17, 15) is 4.79 Å². The molecule has 3 heteroatoms. The number of benzene rings is 1. The third-order valence-electron chi connectivity index (χ3n) is 1.75. The van der Waals surface area contributed by atoms with Gasteiger partial charge in [0.25, 0.3) is 0 Å². The molecule has 70 valence electrons. The van der Waals surface area contributed by atoms with Gasteiger partial charge < -0.3 is 0 Å². The van der Waals surface area contributed by atoms with E-state index in [2.05, 4.69) is 31.9 Å². The Morgan fingerprint density at radius 1 is 1.54 bits per heavy atom. The molecule has 0 saturated heterocycles. The van der Waals surface area contributed by atoms with Gasteiger partial charge in [0, 0.05) is 4.47 Å². The van der Waals surface area contributed by atoms with Crippen molar-refractivity contribution in [1.29, 1.82) is 0 Å². The van der Waals surface area contributed by atoms with Gasteiger partial charge in [-0.25, -0.2) is 0 Å². The van der Waals surface area contributed by atoms with E-state index in [0.717, 1.165) is 16.5 Å². The minimum absolute atomic E-state index is 0.0678. The van der Waals surface area contributed by atoms with Crippen molar-refractivity contribution in [2.75, 3.05) is 0 Å². The van der Waals surface area contributed by atoms with Crippen molar-refractivity contribution in [3.63, 3.8) is 0 Å². The Labute approximate surface area is 94.8 Å². The number of hydrogen-bond donors (Lipinski definition) is 0. The van der Waals surface area contributed by atoms with E-state index in [1.807, 2.05) is 24.3 Å². The van der Waals surface area contributed by atoms with Crippen LogP contribution >= 0.6 is 31.9 Å². The summed E-state index contributed by atoms with van der Waals surface area (Å²) in [6.45, 7) is 1.59. The topological polar surface area (TPSA) is 17.1 Å². The molecule has 0 aliphatic heterocycles. The summed E-state index contributed by atoms with van der Waals surface area (Å²) >= 11 is 6.73. The van der Waals surface area contributed by atoms with Gasteiger partial charge in [0.2, 0.25) is 0 Å². The normalized spacial score (nSPS) is 12.5. The molecule has 0 aliphatic rings. The Balaban J connectivity index is 2.69. The quantitative estimate of drug-likeness (QED) is 0.783. The maximum Gasteiger partial charge on any atom is 0.143 e. The number of alkyl halides is 1. The van der Waals surface area contributed by atoms with Gasteiger partial charge in [-0.05, 0) is 31.0 Å². The monoisotopic (exact) mass is 304 g/mol. The van der Waals surface area contributed by atoms with E-state index < -0.39 is 0 Å². The largest absolute Gasteiger partial charge is 0.299 e. The Bertz CT molecular complexity index is 310. The zero-order valence-corrected chi connectivity index (χ0v) is 10.4. The molecule has 1 atom stereocenters. The lowest BCUT2D eigenvalue weighted by Gasteiger charge is -2.05. The lowest BCUT2D eigenvalue weighted by Crippen LogP contribution is -2.12. The summed E-state index contributed by atoms with van der Waals surface area (Å²) in [7, 11) is 0. The molecular weight excluding hydrogens is 296 g/mol. The predicted octanol–water partition coefficient (Wildman–Crippen LogP) is 3.34. The molecule has 0 fully saturated rings. The molecule has 13 heavy (non-hydrogen) atoms. The van der Waals surface area contributed by atoms with E-state index in [4.69, 9.17) is 0 Å². The first-order chi connectivity index (χ1) is 6.09. The van der Waals surface area contributed by atoms with E-state index in [0.29, 0.717) is 0 Å². The zero-order valence-electron chi connectivity index (χ0n) is 7.26. The molecule has 0 spiro atoms. The fourth-order valence-corrected chi connectivity index (χ4v) is 1.84. The van der Waals surface area contributed by atoms with Crippen molar-refractivity contribution in [3.05, 3.63) is 34.3 Å². The molecule has 0 heterocycles. The average Bonchev–Trinajstić information content (AvgIpc) is 2.04. The summed E-state index contributed by atoms with van der Waals surface area (Å²) in [5.41, 5.74) is 1.16. The van der Waals surface area contributed by atoms with Gasteiger partial charge in [-0.3, -0.25) is 4.79 Å². The van der Waals surface area contributed by atoms with Crippen molar-refractivity contribution < 1.29 is 4.79 Å². The summed E-state index contributed by atoms with van der Waals surface area (Å²) in [5.74, 6) is 0.167. The van der Waals surface area contributed by atoms with Crippen LogP contribution in [0.1, 0.15) is 12.5 Å². The molecule has 0 N–H and O–H groups in total. The predicted molar refractivity (Wildman–Crippen MR) is 61.2 cm³/mol. The van der Waals surface area contributed by atoms with Crippen molar-refractivity contribution in [3.8, 4) is 0 Å². The second kappa shape index (κ2) is 4.91. The highest BCUT2D eigenvalue weighted by atomic mass is 79.9. The Morgan fingerprint density at radius 2 is 2.23 bits per heavy atom. The molecule has 0 radical (unpaired) electrons. The lowest BCUT2D eigenvalue weighted by atomic mass is 10.1. The molecule has 0 amide bonds. The average molecular weight is 306 g/mol. The van der Waals surface area contributed by atoms with Crippen LogP contribution in [0.4, 0.5) is 0 Å². The van der Waals surface area contributed by atoms with Gasteiger partial charge in [-0.2, -0.15) is 0 Å². The summed E-state index contributed by atoms with van der Waals surface area (Å²) in [6.07, 6.45) is 0.745. The minimum atomic E-state index is -0.0678. The molecular formula is C10H10Br2O. The third-order valence-corrected chi connectivity index (χ3v) is 3.21. The SMILES string of the molecule is CC(=O)[C@@H](Br)Cc1cccc(Br)c1. The second-order valence-corrected chi connectivity index (χ2v) is 4.93. The molecule has 0 unspecified atom stereocenters. The highest BCUT2D eigenvalue weighted by Crippen LogP contribution is 2.15. The molecule has 1 rings (SSSR count). The van der Waals surface area contributed by atoms with Crippen LogP contribution in [0.25, 0.3) is 0 Å². The maximum absolute atomic E-state index is 11.0. The van der Waals surface area contributed by atoms with E-state index in [1.54, 1.807) is 6.92 Å². The number of hydrogen-bond acceptors (Lipinski definition) is 1. The van der Waals surface area contributed by atoms with E-state index in [1.165, 1.54) is 0 Å². The molecule has 1 aromatic rings. The molecule has 1 nitrogen and oxygen atoms in total. The zero-order chi connectivity index (χ0) is 9.84. The standard InChI is InChI=1S/C10H10Br2O/c1-7(13)10(12)6-8-3-2-4-9(11)5-8/h2-5,10H,6H2,1H3/t10-/m0/s1. The van der Waals surface area contributed by atoms with Gasteiger partial charge in [-0.15, -0.1) is 0 Å². The van der Waals surface area contributed by atoms with Gasteiger partial charge in [0.1, 0.15) is 5.78 Å². The van der Waals surface area contributed by atoms with Gasteiger partial charge in [-0.1, -0.05) is 44.0 Å². The summed E-state index contributed by atoms with van der Waals surface area (Å²) in [5, 5.41) is 0. The van der Waals surface area contributed by atoms with Gasteiger partial charge >= 0.3 is 0 Å². The Kier molecular flexibility index (Phi) is 4.13. The van der Waals surface area contributed by atoms with Crippen molar-refractivity contribution >= 4 is 37.6 Å². The summed E-state index contributed by atoms with van der Waals surface area (Å²) in [4.78, 5) is 10.9. The van der Waals surface area contributed by atoms with Crippen LogP contribution in [0.3, 0.4) is 0 Å². The van der Waals surface area contributed by atoms with Crippen LogP contribution in [0.15, 0.2) is 28.7 Å². The van der Waals surface area contributed by atoms with Crippen LogP contribution in [0, 0.1) is 0 Å². The van der Waals surface area contributed by atoms with E-state index >= 15 is 0 Å². The number of halogens is 2. The van der Waals surface area contributed by atoms with Crippen LogP contribution in [-0.4, -0.2) is 10.6 Å². The fraction of sp³-hybridized carbons (Fsp3) is 0.300. The number of Topliss-reactive ketones (excluding diaryl/α,β-unsaturated/α-hetero) is 1. The molecule has 0 aliphatic carbocycles. The number of rotatable bonds is 3. The van der Waals surface area contributed by atoms with Crippen molar-refractivity contribution in [2.45, 2.75) is 18.2 Å². The third kappa shape index (κ3) is 3.61. The Morgan fingerprint density at radius 3 is 2.77 bits per heavy atom. The first kappa shape index (κ1) is 10.9. The van der Waals surface area contributed by atoms with Crippen molar-refractivity contribution in [2.24, 2.45) is 0 Å². The number of carbonyl (C=O) groups is 1. The second-order valence-electron chi connectivity index (χ2n) is 2.91. The summed E-state index contributed by atoms with van der Waals surface area (Å²) in [6, 6.07) is 7.99. The van der Waals surface area contributed by atoms with Gasteiger partial charge in [0.05, 0.1) is 4.83 Å². The number of ketones is 1. The van der Waals surface area contributed by atoms with Crippen LogP contribution < -0.4 is 0 Å². The van der Waals surface area contributed by atoms with Crippen LogP contribution in [-0.2, 0) is 11.2 Å². The fourth-order valence-electron chi connectivity index (χ4n) is 1.01. The lowest BCUT2D eigenvalue weighted by molar-refractivity contribution is -0.116.